The fourth-order valence-corrected chi connectivity index (χ4v) is 1.70. The zero-order chi connectivity index (χ0) is 11.4. The fourth-order valence-electron chi connectivity index (χ4n) is 1.70. The van der Waals surface area contributed by atoms with Crippen molar-refractivity contribution >= 4 is 5.91 Å². The first-order chi connectivity index (χ1) is 7.10. The number of carbonyl (C=O) groups excluding carboxylic acids is 1. The SMILES string of the molecule is C=CC1=C(/C=C(/C)C=C)CCN1C(C)=O. The lowest BCUT2D eigenvalue weighted by Crippen LogP contribution is -2.24. The van der Waals surface area contributed by atoms with Crippen LogP contribution in [0.4, 0.5) is 0 Å². The number of hydrogen-bond donors (Lipinski definition) is 0. The van der Waals surface area contributed by atoms with E-state index in [1.165, 1.54) is 0 Å². The van der Waals surface area contributed by atoms with E-state index in [2.05, 4.69) is 19.2 Å². The van der Waals surface area contributed by atoms with E-state index in [-0.39, 0.29) is 5.91 Å². The molecule has 2 heteroatoms. The predicted molar refractivity (Wildman–Crippen MR) is 63.2 cm³/mol. The summed E-state index contributed by atoms with van der Waals surface area (Å²) in [6.45, 7) is 11.8. The van der Waals surface area contributed by atoms with E-state index < -0.39 is 0 Å². The number of nitrogens with zero attached hydrogens (tertiary/aromatic N) is 1. The summed E-state index contributed by atoms with van der Waals surface area (Å²) in [5.74, 6) is 0.0737. The summed E-state index contributed by atoms with van der Waals surface area (Å²) in [5.41, 5.74) is 3.20. The van der Waals surface area contributed by atoms with Crippen LogP contribution in [-0.2, 0) is 4.79 Å². The summed E-state index contributed by atoms with van der Waals surface area (Å²) in [6.07, 6.45) is 6.51. The third kappa shape index (κ3) is 2.46. The molecular formula is C13H17NO. The molecule has 0 radical (unpaired) electrons. The van der Waals surface area contributed by atoms with Gasteiger partial charge in [0.1, 0.15) is 0 Å². The number of hydrogen-bond acceptors (Lipinski definition) is 1. The third-order valence-corrected chi connectivity index (χ3v) is 2.52. The smallest absolute Gasteiger partial charge is 0.223 e. The van der Waals surface area contributed by atoms with Gasteiger partial charge in [-0.05, 0) is 25.0 Å². The van der Waals surface area contributed by atoms with Crippen molar-refractivity contribution in [2.45, 2.75) is 20.3 Å². The largest absolute Gasteiger partial charge is 0.312 e. The minimum atomic E-state index is 0.0737. The molecule has 0 bridgehead atoms. The van der Waals surface area contributed by atoms with Crippen molar-refractivity contribution in [2.75, 3.05) is 6.54 Å². The van der Waals surface area contributed by atoms with Gasteiger partial charge < -0.3 is 4.90 Å². The Balaban J connectivity index is 3.05. The first-order valence-electron chi connectivity index (χ1n) is 5.04. The van der Waals surface area contributed by atoms with E-state index in [0.29, 0.717) is 0 Å². The maximum atomic E-state index is 11.3. The van der Waals surface area contributed by atoms with Crippen LogP contribution < -0.4 is 0 Å². The number of carbonyl (C=O) groups is 1. The molecule has 0 aromatic heterocycles. The van der Waals surface area contributed by atoms with Gasteiger partial charge in [-0.25, -0.2) is 0 Å². The Hall–Kier alpha value is -1.57. The van der Waals surface area contributed by atoms with Gasteiger partial charge >= 0.3 is 0 Å². The fraction of sp³-hybridized carbons (Fsp3) is 0.308. The quantitative estimate of drug-likeness (QED) is 0.646. The molecular weight excluding hydrogens is 186 g/mol. The summed E-state index contributed by atoms with van der Waals surface area (Å²) in [5, 5.41) is 0. The normalized spacial score (nSPS) is 16.9. The molecule has 1 aliphatic rings. The van der Waals surface area contributed by atoms with Crippen LogP contribution in [0, 0.1) is 0 Å². The first kappa shape index (κ1) is 11.5. The van der Waals surface area contributed by atoms with Crippen LogP contribution in [0.15, 0.2) is 48.2 Å². The Labute approximate surface area is 91.3 Å². The minimum absolute atomic E-state index is 0.0737. The third-order valence-electron chi connectivity index (χ3n) is 2.52. The first-order valence-corrected chi connectivity index (χ1v) is 5.04. The van der Waals surface area contributed by atoms with Crippen molar-refractivity contribution in [3.8, 4) is 0 Å². The van der Waals surface area contributed by atoms with Crippen LogP contribution >= 0.6 is 0 Å². The highest BCUT2D eigenvalue weighted by Gasteiger charge is 2.21. The van der Waals surface area contributed by atoms with Gasteiger partial charge in [0.15, 0.2) is 0 Å². The van der Waals surface area contributed by atoms with Crippen LogP contribution in [0.2, 0.25) is 0 Å². The zero-order valence-corrected chi connectivity index (χ0v) is 9.42. The lowest BCUT2D eigenvalue weighted by molar-refractivity contribution is -0.126. The molecule has 0 N–H and O–H groups in total. The van der Waals surface area contributed by atoms with Crippen molar-refractivity contribution in [2.24, 2.45) is 0 Å². The number of amides is 1. The Morgan fingerprint density at radius 3 is 2.53 bits per heavy atom. The standard InChI is InChI=1S/C13H17NO/c1-5-10(3)9-12-7-8-14(11(4)15)13(12)6-2/h5-6,9H,1-2,7-8H2,3-4H3/b10-9-. The van der Waals surface area contributed by atoms with E-state index in [4.69, 9.17) is 0 Å². The Kier molecular flexibility index (Phi) is 3.67. The van der Waals surface area contributed by atoms with E-state index in [9.17, 15) is 4.79 Å². The highest BCUT2D eigenvalue weighted by Crippen LogP contribution is 2.25. The molecule has 1 aliphatic heterocycles. The average Bonchev–Trinajstić information content (AvgIpc) is 2.60. The molecule has 0 spiro atoms. The van der Waals surface area contributed by atoms with Crippen LogP contribution in [0.3, 0.4) is 0 Å². The van der Waals surface area contributed by atoms with Gasteiger partial charge in [0.2, 0.25) is 5.91 Å². The molecule has 0 aromatic carbocycles. The molecule has 1 amide bonds. The van der Waals surface area contributed by atoms with E-state index in [1.807, 2.05) is 13.0 Å². The molecule has 2 nitrogen and oxygen atoms in total. The lowest BCUT2D eigenvalue weighted by Gasteiger charge is -2.15. The van der Waals surface area contributed by atoms with Gasteiger partial charge in [-0.3, -0.25) is 4.79 Å². The van der Waals surface area contributed by atoms with Crippen LogP contribution in [0.25, 0.3) is 0 Å². The molecule has 0 aromatic rings. The zero-order valence-electron chi connectivity index (χ0n) is 9.42. The monoisotopic (exact) mass is 203 g/mol. The molecule has 15 heavy (non-hydrogen) atoms. The lowest BCUT2D eigenvalue weighted by atomic mass is 10.1. The molecule has 0 saturated carbocycles. The van der Waals surface area contributed by atoms with Crippen LogP contribution in [0.1, 0.15) is 20.3 Å². The topological polar surface area (TPSA) is 20.3 Å². The van der Waals surface area contributed by atoms with Gasteiger partial charge in [0.05, 0.1) is 0 Å². The van der Waals surface area contributed by atoms with Gasteiger partial charge in [-0.1, -0.05) is 30.9 Å². The molecule has 1 rings (SSSR count). The summed E-state index contributed by atoms with van der Waals surface area (Å²) in [7, 11) is 0. The van der Waals surface area contributed by atoms with Crippen molar-refractivity contribution in [1.82, 2.24) is 4.90 Å². The second kappa shape index (κ2) is 4.78. The second-order valence-corrected chi connectivity index (χ2v) is 3.63. The number of rotatable bonds is 3. The second-order valence-electron chi connectivity index (χ2n) is 3.63. The summed E-state index contributed by atoms with van der Waals surface area (Å²) >= 11 is 0. The molecule has 0 fully saturated rings. The van der Waals surface area contributed by atoms with Gasteiger partial charge in [0.25, 0.3) is 0 Å². The predicted octanol–water partition coefficient (Wildman–Crippen LogP) is 2.81. The average molecular weight is 203 g/mol. The van der Waals surface area contributed by atoms with Gasteiger partial charge in [-0.2, -0.15) is 0 Å². The Bertz CT molecular complexity index is 361. The molecule has 0 unspecified atom stereocenters. The van der Waals surface area contributed by atoms with Crippen molar-refractivity contribution in [3.05, 3.63) is 48.2 Å². The van der Waals surface area contributed by atoms with Crippen LogP contribution in [-0.4, -0.2) is 17.4 Å². The van der Waals surface area contributed by atoms with Crippen molar-refractivity contribution < 1.29 is 4.79 Å². The molecule has 0 aliphatic carbocycles. The van der Waals surface area contributed by atoms with Gasteiger partial charge in [-0.15, -0.1) is 0 Å². The van der Waals surface area contributed by atoms with Crippen molar-refractivity contribution in [1.29, 1.82) is 0 Å². The highest BCUT2D eigenvalue weighted by molar-refractivity contribution is 5.77. The summed E-state index contributed by atoms with van der Waals surface area (Å²) < 4.78 is 0. The maximum Gasteiger partial charge on any atom is 0.223 e. The summed E-state index contributed by atoms with van der Waals surface area (Å²) in [4.78, 5) is 13.1. The van der Waals surface area contributed by atoms with E-state index >= 15 is 0 Å². The highest BCUT2D eigenvalue weighted by atomic mass is 16.2. The van der Waals surface area contributed by atoms with Crippen molar-refractivity contribution in [3.63, 3.8) is 0 Å². The summed E-state index contributed by atoms with van der Waals surface area (Å²) in [6, 6.07) is 0. The maximum absolute atomic E-state index is 11.3. The van der Waals surface area contributed by atoms with Gasteiger partial charge in [0, 0.05) is 19.2 Å². The number of allylic oxidation sites excluding steroid dienone is 4. The molecule has 1 heterocycles. The Morgan fingerprint density at radius 1 is 1.40 bits per heavy atom. The molecule has 0 saturated heterocycles. The minimum Gasteiger partial charge on any atom is -0.312 e. The molecule has 0 atom stereocenters. The van der Waals surface area contributed by atoms with Crippen LogP contribution in [0.5, 0.6) is 0 Å². The Morgan fingerprint density at radius 2 is 2.07 bits per heavy atom. The van der Waals surface area contributed by atoms with E-state index in [0.717, 1.165) is 29.8 Å². The molecule has 80 valence electrons. The van der Waals surface area contributed by atoms with E-state index in [1.54, 1.807) is 17.9 Å².